The van der Waals surface area contributed by atoms with Crippen LogP contribution in [0.2, 0.25) is 0 Å². The first-order valence-electron chi connectivity index (χ1n) is 8.25. The topological polar surface area (TPSA) is 56.7 Å². The molecule has 2 saturated heterocycles. The van der Waals surface area contributed by atoms with Crippen LogP contribution in [0.25, 0.3) is 0 Å². The quantitative estimate of drug-likeness (QED) is 0.918. The van der Waals surface area contributed by atoms with Crippen molar-refractivity contribution < 1.29 is 9.90 Å². The Kier molecular flexibility index (Phi) is 3.71. The molecule has 1 unspecified atom stereocenters. The molecule has 1 aromatic rings. The van der Waals surface area contributed by atoms with E-state index >= 15 is 0 Å². The van der Waals surface area contributed by atoms with Crippen LogP contribution in [0.15, 0.2) is 11.6 Å². The average molecular weight is 321 g/mol. The predicted molar refractivity (Wildman–Crippen MR) is 84.8 cm³/mol. The van der Waals surface area contributed by atoms with Crippen molar-refractivity contribution in [3.8, 4) is 0 Å². The Morgan fingerprint density at radius 1 is 1.36 bits per heavy atom. The van der Waals surface area contributed by atoms with Gasteiger partial charge in [-0.2, -0.15) is 0 Å². The van der Waals surface area contributed by atoms with Crippen LogP contribution in [0, 0.1) is 11.3 Å². The van der Waals surface area contributed by atoms with E-state index in [-0.39, 0.29) is 5.92 Å². The third kappa shape index (κ3) is 2.37. The number of aromatic nitrogens is 1. The molecule has 0 aromatic carbocycles. The summed E-state index contributed by atoms with van der Waals surface area (Å²) in [7, 11) is 0. The number of carbonyl (C=O) groups is 1. The maximum absolute atomic E-state index is 12.0. The molecular weight excluding hydrogens is 298 g/mol. The van der Waals surface area contributed by atoms with Crippen molar-refractivity contribution in [3.63, 3.8) is 0 Å². The second-order valence-electron chi connectivity index (χ2n) is 7.12. The van der Waals surface area contributed by atoms with Gasteiger partial charge in [-0.3, -0.25) is 14.6 Å². The molecule has 22 heavy (non-hydrogen) atoms. The highest BCUT2D eigenvalue weighted by Gasteiger charge is 2.58. The first-order chi connectivity index (χ1) is 10.7. The minimum atomic E-state index is -0.598. The normalized spacial score (nSPS) is 33.5. The zero-order valence-corrected chi connectivity index (χ0v) is 13.6. The smallest absolute Gasteiger partial charge is 0.312 e. The van der Waals surface area contributed by atoms with Crippen LogP contribution >= 0.6 is 11.3 Å². The van der Waals surface area contributed by atoms with E-state index in [9.17, 15) is 9.90 Å². The summed E-state index contributed by atoms with van der Waals surface area (Å²) in [6.45, 7) is 4.08. The highest BCUT2D eigenvalue weighted by atomic mass is 32.1. The van der Waals surface area contributed by atoms with Gasteiger partial charge < -0.3 is 5.11 Å². The van der Waals surface area contributed by atoms with Gasteiger partial charge in [0, 0.05) is 49.7 Å². The van der Waals surface area contributed by atoms with E-state index in [0.29, 0.717) is 12.6 Å². The molecule has 6 heteroatoms. The van der Waals surface area contributed by atoms with Crippen molar-refractivity contribution in [2.24, 2.45) is 11.3 Å². The second-order valence-corrected chi connectivity index (χ2v) is 8.10. The number of hydrogen-bond donors (Lipinski definition) is 1. The number of nitrogens with zero attached hydrogens (tertiary/aromatic N) is 3. The van der Waals surface area contributed by atoms with Crippen LogP contribution in [0.5, 0.6) is 0 Å². The summed E-state index contributed by atoms with van der Waals surface area (Å²) >= 11 is 1.66. The molecule has 0 radical (unpaired) electrons. The fraction of sp³-hybridized carbons (Fsp3) is 0.750. The minimum absolute atomic E-state index is 0.269. The van der Waals surface area contributed by atoms with Gasteiger partial charge in [0.15, 0.2) is 0 Å². The fourth-order valence-corrected chi connectivity index (χ4v) is 5.36. The van der Waals surface area contributed by atoms with Gasteiger partial charge in [0.2, 0.25) is 0 Å². The first-order valence-corrected chi connectivity index (χ1v) is 9.13. The van der Waals surface area contributed by atoms with Crippen molar-refractivity contribution in [3.05, 3.63) is 16.6 Å². The maximum Gasteiger partial charge on any atom is 0.312 e. The van der Waals surface area contributed by atoms with Gasteiger partial charge in [0.1, 0.15) is 5.01 Å². The zero-order valence-electron chi connectivity index (χ0n) is 12.8. The summed E-state index contributed by atoms with van der Waals surface area (Å²) in [5.41, 5.74) is -0.556. The van der Waals surface area contributed by atoms with Crippen LogP contribution in [-0.2, 0) is 11.3 Å². The molecular formula is C16H23N3O2S. The number of fused-ring (bicyclic) bond motifs is 1. The lowest BCUT2D eigenvalue weighted by atomic mass is 9.81. The summed E-state index contributed by atoms with van der Waals surface area (Å²) in [4.78, 5) is 21.2. The molecule has 0 amide bonds. The van der Waals surface area contributed by atoms with E-state index in [1.165, 1.54) is 25.7 Å². The van der Waals surface area contributed by atoms with Gasteiger partial charge in [0.25, 0.3) is 0 Å². The Hall–Kier alpha value is -0.980. The van der Waals surface area contributed by atoms with Crippen molar-refractivity contribution in [2.75, 3.05) is 26.2 Å². The zero-order chi connectivity index (χ0) is 15.2. The summed E-state index contributed by atoms with van der Waals surface area (Å²) in [6.07, 6.45) is 6.95. The number of aliphatic carboxylic acids is 1. The highest BCUT2D eigenvalue weighted by molar-refractivity contribution is 7.09. The Balaban J connectivity index is 1.48. The second kappa shape index (κ2) is 5.58. The first kappa shape index (κ1) is 14.6. The number of carboxylic acids is 1. The Morgan fingerprint density at radius 2 is 2.18 bits per heavy atom. The molecule has 1 aromatic heterocycles. The molecule has 1 aliphatic carbocycles. The molecule has 2 aliphatic heterocycles. The van der Waals surface area contributed by atoms with E-state index in [4.69, 9.17) is 0 Å². The van der Waals surface area contributed by atoms with E-state index in [1.807, 2.05) is 11.6 Å². The van der Waals surface area contributed by atoms with Crippen LogP contribution in [0.3, 0.4) is 0 Å². The molecule has 1 N–H and O–H groups in total. The molecule has 5 nitrogen and oxygen atoms in total. The van der Waals surface area contributed by atoms with Crippen molar-refractivity contribution in [2.45, 2.75) is 38.3 Å². The van der Waals surface area contributed by atoms with E-state index in [2.05, 4.69) is 14.8 Å². The van der Waals surface area contributed by atoms with E-state index in [0.717, 1.165) is 31.2 Å². The van der Waals surface area contributed by atoms with Crippen molar-refractivity contribution in [1.82, 2.24) is 14.8 Å². The number of carboxylic acid groups (broad SMARTS) is 1. The predicted octanol–water partition coefficient (Wildman–Crippen LogP) is 1.90. The largest absolute Gasteiger partial charge is 0.481 e. The number of thiazole rings is 1. The van der Waals surface area contributed by atoms with Crippen LogP contribution in [0.4, 0.5) is 0 Å². The number of likely N-dealkylation sites (tertiary alicyclic amines) is 2. The molecule has 0 spiro atoms. The molecule has 120 valence electrons. The van der Waals surface area contributed by atoms with E-state index < -0.39 is 11.4 Å². The van der Waals surface area contributed by atoms with Gasteiger partial charge in [0.05, 0.1) is 12.0 Å². The van der Waals surface area contributed by atoms with E-state index in [1.54, 1.807) is 11.3 Å². The molecule has 2 atom stereocenters. The summed E-state index contributed by atoms with van der Waals surface area (Å²) in [5.74, 6) is -0.329. The molecule has 4 rings (SSSR count). The fourth-order valence-electron chi connectivity index (χ4n) is 4.70. The van der Waals surface area contributed by atoms with Gasteiger partial charge in [-0.1, -0.05) is 12.8 Å². The Bertz CT molecular complexity index is 544. The number of hydrogen-bond acceptors (Lipinski definition) is 5. The van der Waals surface area contributed by atoms with Crippen molar-refractivity contribution >= 4 is 17.3 Å². The minimum Gasteiger partial charge on any atom is -0.481 e. The lowest BCUT2D eigenvalue weighted by molar-refractivity contribution is -0.149. The third-order valence-electron chi connectivity index (χ3n) is 5.82. The van der Waals surface area contributed by atoms with Gasteiger partial charge in [-0.15, -0.1) is 11.3 Å². The monoisotopic (exact) mass is 321 g/mol. The summed E-state index contributed by atoms with van der Waals surface area (Å²) in [5, 5.41) is 13.0. The van der Waals surface area contributed by atoms with Gasteiger partial charge >= 0.3 is 5.97 Å². The van der Waals surface area contributed by atoms with Gasteiger partial charge in [-0.05, 0) is 12.8 Å². The third-order valence-corrected chi connectivity index (χ3v) is 6.58. The average Bonchev–Trinajstić information content (AvgIpc) is 3.22. The Morgan fingerprint density at radius 3 is 2.82 bits per heavy atom. The molecule has 1 saturated carbocycles. The lowest BCUT2D eigenvalue weighted by Crippen LogP contribution is -2.42. The van der Waals surface area contributed by atoms with Crippen molar-refractivity contribution in [1.29, 1.82) is 0 Å². The van der Waals surface area contributed by atoms with Crippen LogP contribution < -0.4 is 0 Å². The molecule has 3 heterocycles. The summed E-state index contributed by atoms with van der Waals surface area (Å²) < 4.78 is 0. The SMILES string of the molecule is O=C(O)[C@@]12CN(Cc3nccs3)CC1CN(C1CCCC1)C2. The van der Waals surface area contributed by atoms with Crippen LogP contribution in [0.1, 0.15) is 30.7 Å². The molecule has 0 bridgehead atoms. The Labute approximate surface area is 134 Å². The highest BCUT2D eigenvalue weighted by Crippen LogP contribution is 2.45. The maximum atomic E-state index is 12.0. The number of rotatable bonds is 4. The van der Waals surface area contributed by atoms with Crippen LogP contribution in [-0.4, -0.2) is 58.1 Å². The standard InChI is InChI=1S/C16H23N3O2S/c20-15(21)16-10-18(9-14-17-5-6-22-14)7-12(16)8-19(11-16)13-3-1-2-4-13/h5-6,12-13H,1-4,7-11H2,(H,20,21)/t12?,16-/m1/s1. The lowest BCUT2D eigenvalue weighted by Gasteiger charge is -2.28. The summed E-state index contributed by atoms with van der Waals surface area (Å²) in [6, 6.07) is 0.634. The van der Waals surface area contributed by atoms with Gasteiger partial charge in [-0.25, -0.2) is 4.98 Å². The molecule has 3 fully saturated rings. The molecule has 3 aliphatic rings.